The highest BCUT2D eigenvalue weighted by atomic mass is 16.1. The van der Waals surface area contributed by atoms with Crippen LogP contribution < -0.4 is 11.1 Å². The lowest BCUT2D eigenvalue weighted by molar-refractivity contribution is -0.122. The lowest BCUT2D eigenvalue weighted by Crippen LogP contribution is -2.50. The number of nitrogens with one attached hydrogen (secondary N) is 1. The van der Waals surface area contributed by atoms with Gasteiger partial charge in [-0.1, -0.05) is 12.2 Å². The second-order valence-corrected chi connectivity index (χ2v) is 3.37. The zero-order valence-electron chi connectivity index (χ0n) is 7.36. The van der Waals surface area contributed by atoms with Gasteiger partial charge in [0.25, 0.3) is 0 Å². The van der Waals surface area contributed by atoms with Gasteiger partial charge in [-0.3, -0.25) is 4.79 Å². The molecule has 0 aromatic rings. The molecule has 2 aliphatic rings. The molecule has 1 unspecified atom stereocenters. The van der Waals surface area contributed by atoms with E-state index in [0.29, 0.717) is 6.54 Å². The highest BCUT2D eigenvalue weighted by Crippen LogP contribution is 2.15. The Morgan fingerprint density at radius 1 is 1.69 bits per heavy atom. The molecule has 1 fully saturated rings. The molecule has 4 heteroatoms. The van der Waals surface area contributed by atoms with E-state index in [4.69, 9.17) is 5.73 Å². The summed E-state index contributed by atoms with van der Waals surface area (Å²) in [5.74, 6) is 0.810. The molecule has 2 rings (SSSR count). The summed E-state index contributed by atoms with van der Waals surface area (Å²) in [4.78, 5) is 13.1. The third-order valence-corrected chi connectivity index (χ3v) is 2.43. The minimum absolute atomic E-state index is 0.0661. The molecule has 1 amide bonds. The van der Waals surface area contributed by atoms with Gasteiger partial charge in [-0.25, -0.2) is 0 Å². The Morgan fingerprint density at radius 2 is 2.54 bits per heavy atom. The summed E-state index contributed by atoms with van der Waals surface area (Å²) in [6.07, 6.45) is 6.10. The molecule has 0 radical (unpaired) electrons. The number of nitrogens with zero attached hydrogens (tertiary/aromatic N) is 1. The van der Waals surface area contributed by atoms with Gasteiger partial charge < -0.3 is 16.0 Å². The molecule has 0 bridgehead atoms. The molecule has 0 aromatic heterocycles. The molecule has 13 heavy (non-hydrogen) atoms. The van der Waals surface area contributed by atoms with Crippen molar-refractivity contribution in [3.63, 3.8) is 0 Å². The highest BCUT2D eigenvalue weighted by molar-refractivity contribution is 5.77. The number of allylic oxidation sites excluding steroid dienone is 2. The van der Waals surface area contributed by atoms with Crippen molar-refractivity contribution in [2.45, 2.75) is 0 Å². The maximum absolute atomic E-state index is 10.9. The zero-order valence-corrected chi connectivity index (χ0v) is 7.36. The molecule has 0 aliphatic carbocycles. The summed E-state index contributed by atoms with van der Waals surface area (Å²) in [5, 5.41) is 3.19. The fourth-order valence-electron chi connectivity index (χ4n) is 1.64. The lowest BCUT2D eigenvalue weighted by Gasteiger charge is -2.36. The van der Waals surface area contributed by atoms with Crippen LogP contribution in [0.3, 0.4) is 0 Å². The van der Waals surface area contributed by atoms with Crippen LogP contribution in [0.15, 0.2) is 24.0 Å². The zero-order chi connectivity index (χ0) is 9.26. The highest BCUT2D eigenvalue weighted by Gasteiger charge is 2.25. The molecule has 2 heterocycles. The van der Waals surface area contributed by atoms with Crippen LogP contribution in [0.2, 0.25) is 0 Å². The molecule has 4 nitrogen and oxygen atoms in total. The molecule has 70 valence electrons. The van der Waals surface area contributed by atoms with Crippen LogP contribution in [0, 0.1) is 5.92 Å². The number of hydrogen-bond acceptors (Lipinski definition) is 3. The monoisotopic (exact) mass is 179 g/mol. The van der Waals surface area contributed by atoms with Gasteiger partial charge in [0.05, 0.1) is 5.92 Å². The normalized spacial score (nSPS) is 26.0. The van der Waals surface area contributed by atoms with E-state index in [9.17, 15) is 4.79 Å². The van der Waals surface area contributed by atoms with E-state index in [1.165, 1.54) is 0 Å². The first-order valence-electron chi connectivity index (χ1n) is 4.42. The van der Waals surface area contributed by atoms with Crippen LogP contribution in [0.25, 0.3) is 0 Å². The largest absolute Gasteiger partial charge is 0.371 e. The summed E-state index contributed by atoms with van der Waals surface area (Å²) in [6, 6.07) is 0. The Morgan fingerprint density at radius 3 is 3.31 bits per heavy atom. The first kappa shape index (κ1) is 8.16. The number of rotatable bonds is 1. The Bertz CT molecular complexity index is 283. The standard InChI is InChI=1S/C9H13N3O/c10-9(13)7-5-11-8-3-1-2-4-12(8)6-7/h1-3,7,11H,4-6H2,(H2,10,13). The Labute approximate surface area is 77.1 Å². The Hall–Kier alpha value is -1.45. The van der Waals surface area contributed by atoms with Crippen molar-refractivity contribution in [3.05, 3.63) is 24.0 Å². The van der Waals surface area contributed by atoms with Gasteiger partial charge in [-0.15, -0.1) is 0 Å². The topological polar surface area (TPSA) is 58.4 Å². The summed E-state index contributed by atoms with van der Waals surface area (Å²) in [5.41, 5.74) is 5.25. The summed E-state index contributed by atoms with van der Waals surface area (Å²) in [7, 11) is 0. The van der Waals surface area contributed by atoms with E-state index in [1.807, 2.05) is 12.2 Å². The average Bonchev–Trinajstić information content (AvgIpc) is 2.17. The van der Waals surface area contributed by atoms with Gasteiger partial charge in [0.15, 0.2) is 0 Å². The van der Waals surface area contributed by atoms with Crippen molar-refractivity contribution in [2.24, 2.45) is 11.7 Å². The first-order chi connectivity index (χ1) is 6.27. The van der Waals surface area contributed by atoms with Crippen LogP contribution in [0.1, 0.15) is 0 Å². The quantitative estimate of drug-likeness (QED) is 0.565. The summed E-state index contributed by atoms with van der Waals surface area (Å²) in [6.45, 7) is 2.26. The predicted molar refractivity (Wildman–Crippen MR) is 49.5 cm³/mol. The van der Waals surface area contributed by atoms with Crippen LogP contribution in [0.5, 0.6) is 0 Å². The minimum atomic E-state index is -0.221. The van der Waals surface area contributed by atoms with Gasteiger partial charge in [-0.05, 0) is 6.08 Å². The molecule has 3 N–H and O–H groups in total. The van der Waals surface area contributed by atoms with E-state index in [2.05, 4.69) is 16.3 Å². The van der Waals surface area contributed by atoms with Crippen molar-refractivity contribution in [1.82, 2.24) is 10.2 Å². The first-order valence-corrected chi connectivity index (χ1v) is 4.42. The average molecular weight is 179 g/mol. The predicted octanol–water partition coefficient (Wildman–Crippen LogP) is -0.596. The van der Waals surface area contributed by atoms with Gasteiger partial charge in [0.2, 0.25) is 5.91 Å². The SMILES string of the molecule is NC(=O)C1CNC2=CC=CCN2C1. The van der Waals surface area contributed by atoms with Crippen molar-refractivity contribution in [3.8, 4) is 0 Å². The van der Waals surface area contributed by atoms with Crippen LogP contribution in [-0.2, 0) is 4.79 Å². The molecular weight excluding hydrogens is 166 g/mol. The second-order valence-electron chi connectivity index (χ2n) is 3.37. The van der Waals surface area contributed by atoms with Gasteiger partial charge >= 0.3 is 0 Å². The number of primary amides is 1. The van der Waals surface area contributed by atoms with Crippen molar-refractivity contribution >= 4 is 5.91 Å². The number of carbonyl (C=O) groups excluding carboxylic acids is 1. The lowest BCUT2D eigenvalue weighted by atomic mass is 10.1. The van der Waals surface area contributed by atoms with E-state index in [-0.39, 0.29) is 11.8 Å². The molecule has 0 aromatic carbocycles. The number of nitrogens with two attached hydrogens (primary N) is 1. The van der Waals surface area contributed by atoms with Crippen LogP contribution >= 0.6 is 0 Å². The molecule has 0 saturated carbocycles. The molecule has 0 spiro atoms. The molecule has 2 aliphatic heterocycles. The fourth-order valence-corrected chi connectivity index (χ4v) is 1.64. The van der Waals surface area contributed by atoms with Crippen LogP contribution in [-0.4, -0.2) is 30.4 Å². The van der Waals surface area contributed by atoms with E-state index >= 15 is 0 Å². The number of hydrogen-bond donors (Lipinski definition) is 2. The maximum Gasteiger partial charge on any atom is 0.224 e. The molecular formula is C9H13N3O. The number of amides is 1. The van der Waals surface area contributed by atoms with E-state index in [1.54, 1.807) is 0 Å². The number of carbonyl (C=O) groups is 1. The fraction of sp³-hybridized carbons (Fsp3) is 0.444. The third-order valence-electron chi connectivity index (χ3n) is 2.43. The van der Waals surface area contributed by atoms with Gasteiger partial charge in [0.1, 0.15) is 5.82 Å². The van der Waals surface area contributed by atoms with E-state index in [0.717, 1.165) is 18.9 Å². The van der Waals surface area contributed by atoms with Crippen molar-refractivity contribution < 1.29 is 4.79 Å². The van der Waals surface area contributed by atoms with E-state index < -0.39 is 0 Å². The van der Waals surface area contributed by atoms with Gasteiger partial charge in [-0.2, -0.15) is 0 Å². The smallest absolute Gasteiger partial charge is 0.224 e. The Kier molecular flexibility index (Phi) is 1.96. The molecule has 1 atom stereocenters. The van der Waals surface area contributed by atoms with Crippen molar-refractivity contribution in [2.75, 3.05) is 19.6 Å². The molecule has 1 saturated heterocycles. The maximum atomic E-state index is 10.9. The third kappa shape index (κ3) is 1.52. The number of fused-ring (bicyclic) bond motifs is 1. The Balaban J connectivity index is 2.07. The summed E-state index contributed by atoms with van der Waals surface area (Å²) < 4.78 is 0. The second kappa shape index (κ2) is 3.12. The van der Waals surface area contributed by atoms with Crippen molar-refractivity contribution in [1.29, 1.82) is 0 Å². The minimum Gasteiger partial charge on any atom is -0.371 e. The summed E-state index contributed by atoms with van der Waals surface area (Å²) >= 11 is 0. The van der Waals surface area contributed by atoms with Crippen LogP contribution in [0.4, 0.5) is 0 Å². The van der Waals surface area contributed by atoms with Gasteiger partial charge in [0, 0.05) is 19.6 Å².